The van der Waals surface area contributed by atoms with Crippen molar-refractivity contribution < 1.29 is 45.2 Å². The molecular formula is C22H36Cl2SiZr. The van der Waals surface area contributed by atoms with Crippen LogP contribution in [-0.4, -0.2) is 5.43 Å². The Morgan fingerprint density at radius 2 is 1.04 bits per heavy atom. The smallest absolute Gasteiger partial charge is 1.00 e. The van der Waals surface area contributed by atoms with Crippen molar-refractivity contribution in [1.82, 2.24) is 0 Å². The Balaban J connectivity index is 0.00000312. The third kappa shape index (κ3) is 5.82. The standard InChI is InChI=1S/2C10H15.C2H6Si.2ClH.Zr/c2*1-8-5-6-9(7-8)10(2,3)4;1-3-2;;;/h2*7H,6H2,1-4H3;1-2H3;2*1H;/q;;;;;+2/p-2. The maximum absolute atomic E-state index is 2.59. The molecular weight excluding hydrogens is 454 g/mol. The van der Waals surface area contributed by atoms with Crippen LogP contribution in [0.25, 0.3) is 0 Å². The molecule has 0 bridgehead atoms. The van der Waals surface area contributed by atoms with E-state index in [-0.39, 0.29) is 30.2 Å². The van der Waals surface area contributed by atoms with Crippen LogP contribution in [0.4, 0.5) is 0 Å². The van der Waals surface area contributed by atoms with Crippen LogP contribution in [0.2, 0.25) is 13.1 Å². The summed E-state index contributed by atoms with van der Waals surface area (Å²) in [7, 11) is 0. The zero-order chi connectivity index (χ0) is 18.4. The number of halogens is 2. The predicted molar refractivity (Wildman–Crippen MR) is 107 cm³/mol. The fourth-order valence-electron chi connectivity index (χ4n) is 3.78. The third-order valence-electron chi connectivity index (χ3n) is 5.50. The van der Waals surface area contributed by atoms with Gasteiger partial charge < -0.3 is 24.8 Å². The summed E-state index contributed by atoms with van der Waals surface area (Å²) in [6, 6.07) is 0. The van der Waals surface area contributed by atoms with Crippen molar-refractivity contribution in [3.05, 3.63) is 41.0 Å². The molecule has 2 rings (SSSR count). The summed E-state index contributed by atoms with van der Waals surface area (Å²) in [4.78, 5) is 0. The van der Waals surface area contributed by atoms with Crippen LogP contribution in [-0.2, 0) is 20.4 Å². The Hall–Kier alpha value is 0.640. The molecule has 4 heteroatoms. The van der Waals surface area contributed by atoms with Gasteiger partial charge in [-0.2, -0.15) is 0 Å². The zero-order valence-corrected chi connectivity index (χ0v) is 23.3. The van der Waals surface area contributed by atoms with Gasteiger partial charge in [-0.3, -0.25) is 0 Å². The van der Waals surface area contributed by atoms with E-state index in [9.17, 15) is 0 Å². The molecule has 0 heterocycles. The first-order chi connectivity index (χ1) is 10.8. The second kappa shape index (κ2) is 9.43. The molecule has 0 saturated carbocycles. The molecule has 0 N–H and O–H groups in total. The van der Waals surface area contributed by atoms with Gasteiger partial charge in [-0.1, -0.05) is 0 Å². The molecule has 2 aliphatic carbocycles. The average Bonchev–Trinajstić information content (AvgIpc) is 2.94. The van der Waals surface area contributed by atoms with Crippen LogP contribution in [0.5, 0.6) is 0 Å². The Morgan fingerprint density at radius 3 is 1.23 bits per heavy atom. The zero-order valence-electron chi connectivity index (χ0n) is 18.3. The average molecular weight is 491 g/mol. The molecule has 0 aromatic carbocycles. The van der Waals surface area contributed by atoms with Crippen molar-refractivity contribution in [2.45, 2.75) is 81.3 Å². The molecule has 0 unspecified atom stereocenters. The fourth-order valence-corrected chi connectivity index (χ4v) is 22.3. The van der Waals surface area contributed by atoms with Gasteiger partial charge >= 0.3 is 159 Å². The van der Waals surface area contributed by atoms with E-state index in [2.05, 4.69) is 80.6 Å². The summed E-state index contributed by atoms with van der Waals surface area (Å²) in [5, 5.41) is 0. The fraction of sp³-hybridized carbons (Fsp3) is 0.636. The molecule has 0 spiro atoms. The Labute approximate surface area is 182 Å². The van der Waals surface area contributed by atoms with Crippen LogP contribution in [0, 0.1) is 10.8 Å². The molecule has 0 amide bonds. The number of hydrogen-bond acceptors (Lipinski definition) is 0. The summed E-state index contributed by atoms with van der Waals surface area (Å²) >= 11 is -1.69. The van der Waals surface area contributed by atoms with Crippen molar-refractivity contribution in [3.8, 4) is 0 Å². The van der Waals surface area contributed by atoms with Crippen LogP contribution in [0.15, 0.2) is 41.0 Å². The molecule has 0 atom stereocenters. The minimum absolute atomic E-state index is 0. The van der Waals surface area contributed by atoms with Gasteiger partial charge in [-0.25, -0.2) is 0 Å². The molecule has 0 saturated heterocycles. The van der Waals surface area contributed by atoms with Crippen LogP contribution in [0.3, 0.4) is 0 Å². The Morgan fingerprint density at radius 1 is 0.731 bits per heavy atom. The second-order valence-electron chi connectivity index (χ2n) is 9.89. The van der Waals surface area contributed by atoms with Crippen molar-refractivity contribution in [3.63, 3.8) is 0 Å². The summed E-state index contributed by atoms with van der Waals surface area (Å²) in [6.45, 7) is 24.2. The molecule has 26 heavy (non-hydrogen) atoms. The van der Waals surface area contributed by atoms with Crippen LogP contribution >= 0.6 is 0 Å². The van der Waals surface area contributed by atoms with Crippen LogP contribution in [0.1, 0.15) is 68.2 Å². The van der Waals surface area contributed by atoms with Gasteiger partial charge in [0.25, 0.3) is 0 Å². The minimum Gasteiger partial charge on any atom is -1.00 e. The monoisotopic (exact) mass is 488 g/mol. The predicted octanol–water partition coefficient (Wildman–Crippen LogP) is 1.16. The van der Waals surface area contributed by atoms with E-state index >= 15 is 0 Å². The van der Waals surface area contributed by atoms with E-state index in [1.54, 1.807) is 22.3 Å². The van der Waals surface area contributed by atoms with Gasteiger partial charge in [0.2, 0.25) is 0 Å². The molecule has 0 aliphatic heterocycles. The number of rotatable bonds is 2. The summed E-state index contributed by atoms with van der Waals surface area (Å²) in [5.41, 5.74) is 7.00. The maximum Gasteiger partial charge on any atom is -1.00 e. The molecule has 0 nitrogen and oxygen atoms in total. The number of allylic oxidation sites excluding steroid dienone is 8. The van der Waals surface area contributed by atoms with E-state index in [1.165, 1.54) is 12.8 Å². The molecule has 0 fully saturated rings. The van der Waals surface area contributed by atoms with E-state index in [0.29, 0.717) is 10.8 Å². The largest absolute Gasteiger partial charge is 1.00 e. The van der Waals surface area contributed by atoms with E-state index < -0.39 is 20.4 Å². The molecule has 0 aromatic heterocycles. The van der Waals surface area contributed by atoms with Gasteiger partial charge in [0, 0.05) is 0 Å². The van der Waals surface area contributed by atoms with Gasteiger partial charge in [-0.05, 0) is 0 Å². The first kappa shape index (κ1) is 26.6. The first-order valence-corrected chi connectivity index (χ1v) is 18.0. The van der Waals surface area contributed by atoms with Gasteiger partial charge in [-0.15, -0.1) is 0 Å². The minimum atomic E-state index is -1.69. The Kier molecular flexibility index (Phi) is 9.66. The molecule has 2 aliphatic rings. The normalized spacial score (nSPS) is 17.3. The van der Waals surface area contributed by atoms with Crippen LogP contribution < -0.4 is 24.8 Å². The third-order valence-corrected chi connectivity index (χ3v) is 23.2. The van der Waals surface area contributed by atoms with E-state index in [4.69, 9.17) is 0 Å². The van der Waals surface area contributed by atoms with Gasteiger partial charge in [0.15, 0.2) is 0 Å². The van der Waals surface area contributed by atoms with E-state index in [0.717, 1.165) is 0 Å². The molecule has 146 valence electrons. The maximum atomic E-state index is 2.59. The van der Waals surface area contributed by atoms with E-state index in [1.807, 2.05) is 6.56 Å². The van der Waals surface area contributed by atoms with Crippen molar-refractivity contribution in [2.75, 3.05) is 0 Å². The van der Waals surface area contributed by atoms with Gasteiger partial charge in [0.1, 0.15) is 0 Å². The topological polar surface area (TPSA) is 0 Å². The summed E-state index contributed by atoms with van der Waals surface area (Å²) in [5.74, 6) is 0. The quantitative estimate of drug-likeness (QED) is 0.510. The first-order valence-electron chi connectivity index (χ1n) is 9.32. The van der Waals surface area contributed by atoms with Gasteiger partial charge in [0.05, 0.1) is 0 Å². The Bertz CT molecular complexity index is 660. The number of hydrogen-bond donors (Lipinski definition) is 0. The SMILES string of the molecule is CC1=[C]([Zr+2]([C]2=C(C)C=C(C(C)(C)C)C2)=[Si](C)C)CC(C(C)(C)C)=C1.[Cl-].[Cl-]. The van der Waals surface area contributed by atoms with Crippen molar-refractivity contribution in [2.24, 2.45) is 10.8 Å². The van der Waals surface area contributed by atoms with Crippen molar-refractivity contribution in [1.29, 1.82) is 0 Å². The summed E-state index contributed by atoms with van der Waals surface area (Å²) < 4.78 is 3.83. The second-order valence-corrected chi connectivity index (χ2v) is 27.0. The molecule has 0 aromatic rings. The molecule has 0 radical (unpaired) electrons. The van der Waals surface area contributed by atoms with Crippen molar-refractivity contribution >= 4 is 5.43 Å². The summed E-state index contributed by atoms with van der Waals surface area (Å²) in [6.07, 6.45) is 7.62.